The first-order chi connectivity index (χ1) is 11.8. The van der Waals surface area contributed by atoms with Gasteiger partial charge in [-0.15, -0.1) is 11.3 Å². The van der Waals surface area contributed by atoms with E-state index in [0.717, 1.165) is 17.2 Å². The van der Waals surface area contributed by atoms with Gasteiger partial charge in [-0.25, -0.2) is 0 Å². The first-order valence-corrected chi connectivity index (χ1v) is 8.79. The van der Waals surface area contributed by atoms with Gasteiger partial charge in [0.1, 0.15) is 11.5 Å². The molecule has 4 nitrogen and oxygen atoms in total. The van der Waals surface area contributed by atoms with Gasteiger partial charge in [0.2, 0.25) is 0 Å². The first kappa shape index (κ1) is 16.5. The Morgan fingerprint density at radius 3 is 2.67 bits per heavy atom. The third kappa shape index (κ3) is 4.15. The van der Waals surface area contributed by atoms with E-state index in [1.54, 1.807) is 24.7 Å². The van der Waals surface area contributed by atoms with E-state index >= 15 is 0 Å². The molecular formula is C18H18N2O2S2. The summed E-state index contributed by atoms with van der Waals surface area (Å²) in [4.78, 5) is 3.32. The van der Waals surface area contributed by atoms with Crippen LogP contribution >= 0.6 is 23.6 Å². The molecule has 0 bridgehead atoms. The molecule has 0 radical (unpaired) electrons. The summed E-state index contributed by atoms with van der Waals surface area (Å²) >= 11 is 7.33. The Morgan fingerprint density at radius 2 is 2.04 bits per heavy atom. The summed E-state index contributed by atoms with van der Waals surface area (Å²) in [7, 11) is 1.66. The van der Waals surface area contributed by atoms with Crippen LogP contribution in [0.3, 0.4) is 0 Å². The molecule has 3 rings (SSSR count). The number of thiocarbonyl (C=S) groups is 1. The van der Waals surface area contributed by atoms with E-state index < -0.39 is 0 Å². The predicted molar refractivity (Wildman–Crippen MR) is 102 cm³/mol. The van der Waals surface area contributed by atoms with Gasteiger partial charge in [-0.3, -0.25) is 0 Å². The second-order valence-corrected chi connectivity index (χ2v) is 6.52. The fourth-order valence-corrected chi connectivity index (χ4v) is 3.21. The summed E-state index contributed by atoms with van der Waals surface area (Å²) in [6, 6.07) is 15.8. The average Bonchev–Trinajstić information content (AvgIpc) is 3.31. The quantitative estimate of drug-likeness (QED) is 0.660. The summed E-state index contributed by atoms with van der Waals surface area (Å²) in [5.41, 5.74) is 1.01. The third-order valence-corrected chi connectivity index (χ3v) is 4.74. The van der Waals surface area contributed by atoms with Gasteiger partial charge in [0, 0.05) is 10.6 Å². The average molecular weight is 358 g/mol. The number of methoxy groups -OCH3 is 1. The van der Waals surface area contributed by atoms with E-state index in [1.807, 2.05) is 42.5 Å². The molecule has 3 aromatic rings. The van der Waals surface area contributed by atoms with Gasteiger partial charge in [0.25, 0.3) is 0 Å². The monoisotopic (exact) mass is 358 g/mol. The predicted octanol–water partition coefficient (Wildman–Crippen LogP) is 4.43. The number of nitrogens with zero attached hydrogens (tertiary/aromatic N) is 1. The molecule has 0 aliphatic rings. The summed E-state index contributed by atoms with van der Waals surface area (Å²) < 4.78 is 10.6. The van der Waals surface area contributed by atoms with E-state index in [1.165, 1.54) is 4.88 Å². The van der Waals surface area contributed by atoms with Crippen LogP contribution in [0.5, 0.6) is 5.75 Å². The summed E-state index contributed by atoms with van der Waals surface area (Å²) in [6.45, 7) is 1.27. The highest BCUT2D eigenvalue weighted by Gasteiger charge is 2.14. The van der Waals surface area contributed by atoms with Crippen LogP contribution in [-0.4, -0.2) is 12.2 Å². The van der Waals surface area contributed by atoms with Gasteiger partial charge >= 0.3 is 0 Å². The molecule has 0 amide bonds. The van der Waals surface area contributed by atoms with E-state index in [9.17, 15) is 0 Å². The van der Waals surface area contributed by atoms with Crippen LogP contribution in [0.25, 0.3) is 0 Å². The largest absolute Gasteiger partial charge is 0.497 e. The molecule has 0 saturated carbocycles. The highest BCUT2D eigenvalue weighted by molar-refractivity contribution is 7.80. The molecule has 124 valence electrons. The molecule has 0 fully saturated rings. The number of hydrogen-bond donors (Lipinski definition) is 1. The standard InChI is InChI=1S/C18H18N2O2S2/c1-21-15-8-6-14(7-9-15)20(13-17-5-3-11-24-17)18(23)19-12-16-4-2-10-22-16/h2-11H,12-13H2,1H3,(H,19,23). The van der Waals surface area contributed by atoms with Gasteiger partial charge in [0.15, 0.2) is 5.11 Å². The Bertz CT molecular complexity index is 753. The van der Waals surface area contributed by atoms with Crippen LogP contribution in [-0.2, 0) is 13.1 Å². The van der Waals surface area contributed by atoms with Gasteiger partial charge in [-0.2, -0.15) is 0 Å². The van der Waals surface area contributed by atoms with Crippen molar-refractivity contribution in [3.63, 3.8) is 0 Å². The number of hydrogen-bond acceptors (Lipinski definition) is 4. The van der Waals surface area contributed by atoms with Crippen molar-refractivity contribution in [3.8, 4) is 5.75 Å². The lowest BCUT2D eigenvalue weighted by Crippen LogP contribution is -2.38. The molecule has 0 spiro atoms. The fourth-order valence-electron chi connectivity index (χ4n) is 2.27. The van der Waals surface area contributed by atoms with E-state index in [2.05, 4.69) is 21.7 Å². The molecule has 1 aromatic carbocycles. The number of rotatable bonds is 6. The van der Waals surface area contributed by atoms with Crippen molar-refractivity contribution >= 4 is 34.4 Å². The first-order valence-electron chi connectivity index (χ1n) is 7.50. The van der Waals surface area contributed by atoms with Crippen molar-refractivity contribution in [1.29, 1.82) is 0 Å². The molecule has 0 aliphatic heterocycles. The molecule has 2 aromatic heterocycles. The van der Waals surface area contributed by atoms with Gasteiger partial charge in [-0.05, 0) is 60.1 Å². The van der Waals surface area contributed by atoms with E-state index in [4.69, 9.17) is 21.4 Å². The number of thiophene rings is 1. The maximum absolute atomic E-state index is 5.61. The minimum Gasteiger partial charge on any atom is -0.497 e. The Kier molecular flexibility index (Phi) is 5.51. The van der Waals surface area contributed by atoms with E-state index in [0.29, 0.717) is 18.2 Å². The Labute approximate surface area is 150 Å². The van der Waals surface area contributed by atoms with Crippen molar-refractivity contribution in [2.45, 2.75) is 13.1 Å². The van der Waals surface area contributed by atoms with Crippen molar-refractivity contribution in [2.24, 2.45) is 0 Å². The number of anilines is 1. The van der Waals surface area contributed by atoms with Gasteiger partial charge in [0.05, 0.1) is 26.5 Å². The maximum Gasteiger partial charge on any atom is 0.174 e. The molecule has 0 unspecified atom stereocenters. The van der Waals surface area contributed by atoms with Crippen LogP contribution in [0.4, 0.5) is 5.69 Å². The topological polar surface area (TPSA) is 37.6 Å². The lowest BCUT2D eigenvalue weighted by Gasteiger charge is -2.25. The number of ether oxygens (including phenoxy) is 1. The fraction of sp³-hybridized carbons (Fsp3) is 0.167. The molecule has 0 aliphatic carbocycles. The zero-order valence-corrected chi connectivity index (χ0v) is 14.9. The molecular weight excluding hydrogens is 340 g/mol. The van der Waals surface area contributed by atoms with Crippen LogP contribution in [0, 0.1) is 0 Å². The second-order valence-electron chi connectivity index (χ2n) is 5.10. The second kappa shape index (κ2) is 7.99. The summed E-state index contributed by atoms with van der Waals surface area (Å²) in [5.74, 6) is 1.67. The van der Waals surface area contributed by atoms with Crippen LogP contribution in [0.2, 0.25) is 0 Å². The zero-order valence-electron chi connectivity index (χ0n) is 13.3. The zero-order chi connectivity index (χ0) is 16.8. The molecule has 1 N–H and O–H groups in total. The van der Waals surface area contributed by atoms with Crippen molar-refractivity contribution in [1.82, 2.24) is 5.32 Å². The molecule has 0 saturated heterocycles. The van der Waals surface area contributed by atoms with Crippen molar-refractivity contribution in [3.05, 3.63) is 70.8 Å². The molecule has 24 heavy (non-hydrogen) atoms. The SMILES string of the molecule is COc1ccc(N(Cc2cccs2)C(=S)NCc2ccco2)cc1. The lowest BCUT2D eigenvalue weighted by molar-refractivity contribution is 0.415. The maximum atomic E-state index is 5.61. The van der Waals surface area contributed by atoms with Crippen molar-refractivity contribution in [2.75, 3.05) is 12.0 Å². The highest BCUT2D eigenvalue weighted by Crippen LogP contribution is 2.23. The van der Waals surface area contributed by atoms with Crippen molar-refractivity contribution < 1.29 is 9.15 Å². The smallest absolute Gasteiger partial charge is 0.174 e. The minimum atomic E-state index is 0.558. The third-order valence-electron chi connectivity index (χ3n) is 3.52. The van der Waals surface area contributed by atoms with E-state index in [-0.39, 0.29) is 0 Å². The molecule has 6 heteroatoms. The number of nitrogens with one attached hydrogen (secondary N) is 1. The number of benzene rings is 1. The lowest BCUT2D eigenvalue weighted by atomic mass is 10.2. The van der Waals surface area contributed by atoms with Crippen LogP contribution < -0.4 is 15.0 Å². The Morgan fingerprint density at radius 1 is 1.21 bits per heavy atom. The normalized spacial score (nSPS) is 10.4. The van der Waals surface area contributed by atoms with Crippen LogP contribution in [0.15, 0.2) is 64.6 Å². The van der Waals surface area contributed by atoms with Crippen LogP contribution in [0.1, 0.15) is 10.6 Å². The molecule has 2 heterocycles. The summed E-state index contributed by atoms with van der Waals surface area (Å²) in [5, 5.41) is 5.99. The Balaban J connectivity index is 1.76. The highest BCUT2D eigenvalue weighted by atomic mass is 32.1. The number of furan rings is 1. The van der Waals surface area contributed by atoms with Gasteiger partial charge in [-0.1, -0.05) is 6.07 Å². The minimum absolute atomic E-state index is 0.558. The van der Waals surface area contributed by atoms with Gasteiger partial charge < -0.3 is 19.4 Å². The Hall–Kier alpha value is -2.31. The molecule has 0 atom stereocenters. The summed E-state index contributed by atoms with van der Waals surface area (Å²) in [6.07, 6.45) is 1.66.